The monoisotopic (exact) mass is 259 g/mol. The van der Waals surface area contributed by atoms with E-state index in [1.54, 1.807) is 6.92 Å². The van der Waals surface area contributed by atoms with Gasteiger partial charge in [0, 0.05) is 13.1 Å². The number of sulfonamides is 1. The minimum Gasteiger partial charge on any atom is -0.332 e. The first-order chi connectivity index (χ1) is 7.91. The van der Waals surface area contributed by atoms with Gasteiger partial charge in [-0.1, -0.05) is 27.2 Å². The number of H-pyrrole nitrogens is 1. The molecule has 1 N–H and O–H groups in total. The van der Waals surface area contributed by atoms with E-state index >= 15 is 0 Å². The Morgan fingerprint density at radius 2 is 2.12 bits per heavy atom. The molecule has 1 aromatic heterocycles. The van der Waals surface area contributed by atoms with Crippen LogP contribution in [0.25, 0.3) is 0 Å². The van der Waals surface area contributed by atoms with E-state index in [4.69, 9.17) is 0 Å². The second-order valence-electron chi connectivity index (χ2n) is 4.30. The number of rotatable bonds is 6. The number of hydrogen-bond donors (Lipinski definition) is 1. The lowest BCUT2D eigenvalue weighted by molar-refractivity contribution is 0.360. The van der Waals surface area contributed by atoms with Gasteiger partial charge < -0.3 is 4.98 Å². The molecule has 0 fully saturated rings. The van der Waals surface area contributed by atoms with Crippen molar-refractivity contribution >= 4 is 10.0 Å². The summed E-state index contributed by atoms with van der Waals surface area (Å²) in [6.07, 6.45) is 2.35. The molecule has 5 nitrogen and oxygen atoms in total. The summed E-state index contributed by atoms with van der Waals surface area (Å²) in [5.41, 5.74) is 0. The van der Waals surface area contributed by atoms with Crippen LogP contribution in [0.3, 0.4) is 0 Å². The Labute approximate surface area is 103 Å². The molecule has 0 bridgehead atoms. The van der Waals surface area contributed by atoms with E-state index in [2.05, 4.69) is 23.8 Å². The van der Waals surface area contributed by atoms with Crippen molar-refractivity contribution in [1.82, 2.24) is 14.3 Å². The third kappa shape index (κ3) is 3.29. The first kappa shape index (κ1) is 14.2. The van der Waals surface area contributed by atoms with E-state index in [0.29, 0.717) is 24.8 Å². The molecule has 1 rings (SSSR count). The standard InChI is InChI=1S/C11H21N3O2S/c1-5-9(3)8-14(6-2)17(15,16)11-7-12-10(4)13-11/h7,9H,5-6,8H2,1-4H3,(H,12,13). The van der Waals surface area contributed by atoms with Gasteiger partial charge in [-0.3, -0.25) is 0 Å². The third-order valence-electron chi connectivity index (χ3n) is 2.86. The zero-order valence-corrected chi connectivity index (χ0v) is 11.7. The van der Waals surface area contributed by atoms with Crippen LogP contribution in [0.2, 0.25) is 0 Å². The van der Waals surface area contributed by atoms with Crippen molar-refractivity contribution in [2.24, 2.45) is 5.92 Å². The van der Waals surface area contributed by atoms with Crippen molar-refractivity contribution in [3.05, 3.63) is 12.0 Å². The highest BCUT2D eigenvalue weighted by Gasteiger charge is 2.25. The molecule has 98 valence electrons. The van der Waals surface area contributed by atoms with Crippen LogP contribution in [-0.4, -0.2) is 35.8 Å². The lowest BCUT2D eigenvalue weighted by Crippen LogP contribution is -2.34. The zero-order chi connectivity index (χ0) is 13.1. The van der Waals surface area contributed by atoms with Crippen molar-refractivity contribution in [2.75, 3.05) is 13.1 Å². The Hall–Kier alpha value is -0.880. The summed E-state index contributed by atoms with van der Waals surface area (Å²) in [6, 6.07) is 0. The van der Waals surface area contributed by atoms with Crippen molar-refractivity contribution in [3.63, 3.8) is 0 Å². The third-order valence-corrected chi connectivity index (χ3v) is 4.71. The SMILES string of the molecule is CCC(C)CN(CC)S(=O)(=O)c1cnc(C)[nH]1. The second kappa shape index (κ2) is 5.64. The van der Waals surface area contributed by atoms with Gasteiger partial charge in [0.2, 0.25) is 0 Å². The van der Waals surface area contributed by atoms with E-state index in [9.17, 15) is 8.42 Å². The topological polar surface area (TPSA) is 66.1 Å². The molecule has 0 spiro atoms. The van der Waals surface area contributed by atoms with Gasteiger partial charge in [0.25, 0.3) is 10.0 Å². The van der Waals surface area contributed by atoms with Crippen LogP contribution in [0.5, 0.6) is 0 Å². The number of aryl methyl sites for hydroxylation is 1. The van der Waals surface area contributed by atoms with Gasteiger partial charge >= 0.3 is 0 Å². The van der Waals surface area contributed by atoms with E-state index in [-0.39, 0.29) is 5.03 Å². The Bertz CT molecular complexity index is 453. The molecule has 0 radical (unpaired) electrons. The molecule has 1 heterocycles. The van der Waals surface area contributed by atoms with Gasteiger partial charge in [-0.25, -0.2) is 13.4 Å². The van der Waals surface area contributed by atoms with Crippen LogP contribution in [0, 0.1) is 12.8 Å². The van der Waals surface area contributed by atoms with Crippen molar-refractivity contribution in [3.8, 4) is 0 Å². The minimum absolute atomic E-state index is 0.181. The Morgan fingerprint density at radius 1 is 1.47 bits per heavy atom. The predicted molar refractivity (Wildman–Crippen MR) is 67.2 cm³/mol. The fraction of sp³-hybridized carbons (Fsp3) is 0.727. The quantitative estimate of drug-likeness (QED) is 0.846. The summed E-state index contributed by atoms with van der Waals surface area (Å²) in [5.74, 6) is 0.969. The summed E-state index contributed by atoms with van der Waals surface area (Å²) in [6.45, 7) is 8.73. The predicted octanol–water partition coefficient (Wildman–Crippen LogP) is 1.77. The number of nitrogens with zero attached hydrogens (tertiary/aromatic N) is 2. The summed E-state index contributed by atoms with van der Waals surface area (Å²) < 4.78 is 26.1. The molecule has 0 saturated carbocycles. The molecule has 0 amide bonds. The van der Waals surface area contributed by atoms with E-state index < -0.39 is 10.0 Å². The maximum absolute atomic E-state index is 12.3. The molecule has 6 heteroatoms. The second-order valence-corrected chi connectivity index (χ2v) is 6.21. The molecule has 17 heavy (non-hydrogen) atoms. The number of aromatic nitrogens is 2. The maximum atomic E-state index is 12.3. The highest BCUT2D eigenvalue weighted by molar-refractivity contribution is 7.89. The molecular formula is C11H21N3O2S. The average Bonchev–Trinajstić information content (AvgIpc) is 2.72. The smallest absolute Gasteiger partial charge is 0.260 e. The summed E-state index contributed by atoms with van der Waals surface area (Å²) in [7, 11) is -3.42. The molecule has 0 aliphatic rings. The van der Waals surface area contributed by atoms with Gasteiger partial charge in [0.15, 0.2) is 5.03 Å². The highest BCUT2D eigenvalue weighted by atomic mass is 32.2. The first-order valence-electron chi connectivity index (χ1n) is 5.93. The molecule has 0 aliphatic carbocycles. The Balaban J connectivity index is 2.94. The van der Waals surface area contributed by atoms with Crippen LogP contribution in [0.4, 0.5) is 0 Å². The molecular weight excluding hydrogens is 238 g/mol. The van der Waals surface area contributed by atoms with Gasteiger partial charge in [-0.15, -0.1) is 0 Å². The fourth-order valence-electron chi connectivity index (χ4n) is 1.54. The Kier molecular flexibility index (Phi) is 4.70. The summed E-state index contributed by atoms with van der Waals surface area (Å²) >= 11 is 0. The van der Waals surface area contributed by atoms with E-state index in [1.165, 1.54) is 10.5 Å². The summed E-state index contributed by atoms with van der Waals surface area (Å²) in [5, 5.41) is 0.181. The van der Waals surface area contributed by atoms with Gasteiger partial charge in [0.1, 0.15) is 5.82 Å². The summed E-state index contributed by atoms with van der Waals surface area (Å²) in [4.78, 5) is 6.72. The molecule has 0 saturated heterocycles. The molecule has 1 aromatic rings. The fourth-order valence-corrected chi connectivity index (χ4v) is 3.07. The molecule has 1 atom stereocenters. The number of aromatic amines is 1. The van der Waals surface area contributed by atoms with Gasteiger partial charge in [-0.2, -0.15) is 4.31 Å². The molecule has 0 aliphatic heterocycles. The number of hydrogen-bond acceptors (Lipinski definition) is 3. The van der Waals surface area contributed by atoms with Crippen LogP contribution < -0.4 is 0 Å². The molecule has 0 aromatic carbocycles. The van der Waals surface area contributed by atoms with Gasteiger partial charge in [-0.05, 0) is 12.8 Å². The van der Waals surface area contributed by atoms with Crippen LogP contribution in [0.1, 0.15) is 33.0 Å². The van der Waals surface area contributed by atoms with Crippen molar-refractivity contribution in [2.45, 2.75) is 39.1 Å². The number of nitrogens with one attached hydrogen (secondary N) is 1. The minimum atomic E-state index is -3.42. The van der Waals surface area contributed by atoms with Crippen LogP contribution >= 0.6 is 0 Å². The highest BCUT2D eigenvalue weighted by Crippen LogP contribution is 2.15. The average molecular weight is 259 g/mol. The first-order valence-corrected chi connectivity index (χ1v) is 7.37. The van der Waals surface area contributed by atoms with E-state index in [0.717, 1.165) is 6.42 Å². The molecule has 1 unspecified atom stereocenters. The van der Waals surface area contributed by atoms with Crippen molar-refractivity contribution < 1.29 is 8.42 Å². The lowest BCUT2D eigenvalue weighted by Gasteiger charge is -2.22. The lowest BCUT2D eigenvalue weighted by atomic mass is 10.1. The largest absolute Gasteiger partial charge is 0.332 e. The van der Waals surface area contributed by atoms with Crippen LogP contribution in [-0.2, 0) is 10.0 Å². The normalized spacial score (nSPS) is 14.2. The zero-order valence-electron chi connectivity index (χ0n) is 10.9. The maximum Gasteiger partial charge on any atom is 0.260 e. The van der Waals surface area contributed by atoms with E-state index in [1.807, 2.05) is 6.92 Å². The Morgan fingerprint density at radius 3 is 2.53 bits per heavy atom. The number of imidazole rings is 1. The van der Waals surface area contributed by atoms with Gasteiger partial charge in [0.05, 0.1) is 6.20 Å². The van der Waals surface area contributed by atoms with Crippen LogP contribution in [0.15, 0.2) is 11.2 Å². The van der Waals surface area contributed by atoms with Crippen molar-refractivity contribution in [1.29, 1.82) is 0 Å².